The molecule has 0 aliphatic rings. The zero-order valence-electron chi connectivity index (χ0n) is 20.6. The van der Waals surface area contributed by atoms with Crippen molar-refractivity contribution in [1.82, 2.24) is 9.38 Å². The average Bonchev–Trinajstić information content (AvgIpc) is 2.73. The number of carbonyl (C=O) groups is 1. The second-order valence-corrected chi connectivity index (χ2v) is 9.68. The summed E-state index contributed by atoms with van der Waals surface area (Å²) in [6.45, 7) is 11.2. The Balaban J connectivity index is 1.80. The number of rotatable bonds is 8. The first kappa shape index (κ1) is 25.0. The summed E-state index contributed by atoms with van der Waals surface area (Å²) >= 11 is 0. The van der Waals surface area contributed by atoms with Crippen LogP contribution >= 0.6 is 0 Å². The number of aromatic nitrogens is 2. The summed E-state index contributed by atoms with van der Waals surface area (Å²) in [7, 11) is 0. The highest BCUT2D eigenvalue weighted by Crippen LogP contribution is 2.26. The van der Waals surface area contributed by atoms with Crippen molar-refractivity contribution < 1.29 is 9.53 Å². The number of hydrogen-bond donors (Lipinski definition) is 3. The maximum Gasteiger partial charge on any atom is 0.352 e. The van der Waals surface area contributed by atoms with Crippen LogP contribution in [0.5, 0.6) is 0 Å². The summed E-state index contributed by atoms with van der Waals surface area (Å²) in [6.07, 6.45) is 1.94. The minimum atomic E-state index is -0.629. The smallest absolute Gasteiger partial charge is 0.352 e. The quantitative estimate of drug-likeness (QED) is 0.329. The highest BCUT2D eigenvalue weighted by atomic mass is 16.6. The Morgan fingerprint density at radius 1 is 1.09 bits per heavy atom. The first-order chi connectivity index (χ1) is 15.9. The Morgan fingerprint density at radius 3 is 2.38 bits per heavy atom. The molecule has 0 spiro atoms. The fraction of sp³-hybridized carbons (Fsp3) is 0.385. The average molecular weight is 464 g/mol. The van der Waals surface area contributed by atoms with Gasteiger partial charge in [-0.15, -0.1) is 0 Å². The van der Waals surface area contributed by atoms with Gasteiger partial charge in [0.05, 0.1) is 5.56 Å². The van der Waals surface area contributed by atoms with Crippen LogP contribution in [0.2, 0.25) is 0 Å². The molecule has 0 saturated carbocycles. The number of esters is 1. The first-order valence-electron chi connectivity index (χ1n) is 11.4. The maximum absolute atomic E-state index is 13.3. The van der Waals surface area contributed by atoms with Crippen LogP contribution in [-0.2, 0) is 9.53 Å². The molecule has 0 bridgehead atoms. The Labute approximate surface area is 199 Å². The fourth-order valence-corrected chi connectivity index (χ4v) is 3.53. The molecule has 1 atom stereocenters. The van der Waals surface area contributed by atoms with E-state index in [1.165, 1.54) is 4.40 Å². The number of nitrogens with one attached hydrogen (secondary N) is 3. The van der Waals surface area contributed by atoms with E-state index in [-0.39, 0.29) is 29.8 Å². The summed E-state index contributed by atoms with van der Waals surface area (Å²) in [5, 5.41) is 14.6. The standard InChI is InChI=1S/C26H33N5O3/c1-16(2)28-23-22(24(32)31-14-8-7-9-21(31)30-23)18-10-12-19(13-11-18)29-17(3)15-20(27)25(33)34-26(4,5)6/h7-14,16-17,27-29H,15H2,1-6H3. The molecule has 0 radical (unpaired) electrons. The number of nitrogens with zero attached hydrogens (tertiary/aromatic N) is 2. The van der Waals surface area contributed by atoms with Crippen LogP contribution in [0.3, 0.4) is 0 Å². The second kappa shape index (κ2) is 10.1. The molecular weight excluding hydrogens is 430 g/mol. The molecule has 1 aromatic carbocycles. The predicted molar refractivity (Wildman–Crippen MR) is 137 cm³/mol. The lowest BCUT2D eigenvalue weighted by atomic mass is 10.1. The molecule has 180 valence electrons. The van der Waals surface area contributed by atoms with Crippen molar-refractivity contribution in [2.24, 2.45) is 0 Å². The van der Waals surface area contributed by atoms with E-state index in [1.54, 1.807) is 39.1 Å². The van der Waals surface area contributed by atoms with Crippen LogP contribution in [-0.4, -0.2) is 38.8 Å². The molecule has 2 aromatic heterocycles. The van der Waals surface area contributed by atoms with E-state index >= 15 is 0 Å². The summed E-state index contributed by atoms with van der Waals surface area (Å²) in [5.74, 6) is -0.0583. The van der Waals surface area contributed by atoms with Gasteiger partial charge in [-0.05, 0) is 71.4 Å². The number of hydrogen-bond acceptors (Lipinski definition) is 7. The van der Waals surface area contributed by atoms with Crippen molar-refractivity contribution in [3.05, 3.63) is 59.0 Å². The van der Waals surface area contributed by atoms with E-state index in [1.807, 2.05) is 51.1 Å². The number of pyridine rings is 1. The van der Waals surface area contributed by atoms with Crippen LogP contribution in [0.25, 0.3) is 16.8 Å². The van der Waals surface area contributed by atoms with Gasteiger partial charge in [0.1, 0.15) is 22.8 Å². The number of carbonyl (C=O) groups excluding carboxylic acids is 1. The molecular formula is C26H33N5O3. The third kappa shape index (κ3) is 6.21. The van der Waals surface area contributed by atoms with Gasteiger partial charge < -0.3 is 15.4 Å². The van der Waals surface area contributed by atoms with E-state index < -0.39 is 11.6 Å². The van der Waals surface area contributed by atoms with Crippen molar-refractivity contribution >= 4 is 28.8 Å². The number of fused-ring (bicyclic) bond motifs is 1. The number of anilines is 2. The lowest BCUT2D eigenvalue weighted by molar-refractivity contribution is -0.146. The Bertz CT molecular complexity index is 1240. The molecule has 0 saturated heterocycles. The Kier molecular flexibility index (Phi) is 7.39. The van der Waals surface area contributed by atoms with Crippen molar-refractivity contribution in [3.63, 3.8) is 0 Å². The molecule has 8 heteroatoms. The van der Waals surface area contributed by atoms with E-state index in [2.05, 4.69) is 15.6 Å². The summed E-state index contributed by atoms with van der Waals surface area (Å²) < 4.78 is 6.80. The number of benzene rings is 1. The van der Waals surface area contributed by atoms with E-state index in [0.29, 0.717) is 17.0 Å². The van der Waals surface area contributed by atoms with Gasteiger partial charge in [-0.25, -0.2) is 9.78 Å². The molecule has 2 heterocycles. The van der Waals surface area contributed by atoms with Gasteiger partial charge in [-0.2, -0.15) is 0 Å². The molecule has 1 unspecified atom stereocenters. The highest BCUT2D eigenvalue weighted by Gasteiger charge is 2.21. The van der Waals surface area contributed by atoms with E-state index in [9.17, 15) is 9.59 Å². The normalized spacial score (nSPS) is 12.4. The molecule has 3 aromatic rings. The summed E-state index contributed by atoms with van der Waals surface area (Å²) in [4.78, 5) is 30.0. The van der Waals surface area contributed by atoms with Gasteiger partial charge in [0, 0.05) is 30.4 Å². The maximum atomic E-state index is 13.3. The van der Waals surface area contributed by atoms with E-state index in [0.717, 1.165) is 11.3 Å². The Morgan fingerprint density at radius 2 is 1.76 bits per heavy atom. The van der Waals surface area contributed by atoms with Gasteiger partial charge in [0.2, 0.25) is 0 Å². The molecule has 34 heavy (non-hydrogen) atoms. The zero-order chi connectivity index (χ0) is 25.0. The lowest BCUT2D eigenvalue weighted by Crippen LogP contribution is -2.31. The van der Waals surface area contributed by atoms with E-state index in [4.69, 9.17) is 10.1 Å². The first-order valence-corrected chi connectivity index (χ1v) is 11.4. The largest absolute Gasteiger partial charge is 0.456 e. The van der Waals surface area contributed by atoms with Gasteiger partial charge in [-0.3, -0.25) is 14.6 Å². The third-order valence-electron chi connectivity index (χ3n) is 4.90. The molecule has 0 aliphatic heterocycles. The highest BCUT2D eigenvalue weighted by molar-refractivity contribution is 6.35. The molecule has 0 aliphatic carbocycles. The third-order valence-corrected chi connectivity index (χ3v) is 4.90. The van der Waals surface area contributed by atoms with Gasteiger partial charge in [-0.1, -0.05) is 18.2 Å². The summed E-state index contributed by atoms with van der Waals surface area (Å²) in [6, 6.07) is 12.9. The van der Waals surface area contributed by atoms with Crippen LogP contribution in [0, 0.1) is 5.41 Å². The minimum absolute atomic E-state index is 0.0776. The van der Waals surface area contributed by atoms with Crippen LogP contribution in [0.15, 0.2) is 53.5 Å². The van der Waals surface area contributed by atoms with Crippen molar-refractivity contribution in [2.75, 3.05) is 10.6 Å². The van der Waals surface area contributed by atoms with Crippen LogP contribution in [0.4, 0.5) is 11.5 Å². The van der Waals surface area contributed by atoms with Crippen LogP contribution in [0.1, 0.15) is 48.0 Å². The topological polar surface area (TPSA) is 109 Å². The van der Waals surface area contributed by atoms with Crippen LogP contribution < -0.4 is 16.2 Å². The van der Waals surface area contributed by atoms with Gasteiger partial charge in [0.25, 0.3) is 5.56 Å². The molecule has 3 N–H and O–H groups in total. The molecule has 0 fully saturated rings. The molecule has 8 nitrogen and oxygen atoms in total. The lowest BCUT2D eigenvalue weighted by Gasteiger charge is -2.21. The predicted octanol–water partition coefficient (Wildman–Crippen LogP) is 4.73. The second-order valence-electron chi connectivity index (χ2n) is 9.68. The van der Waals surface area contributed by atoms with Crippen molar-refractivity contribution in [2.45, 2.75) is 65.6 Å². The minimum Gasteiger partial charge on any atom is -0.456 e. The molecule has 0 amide bonds. The van der Waals surface area contributed by atoms with Gasteiger partial charge in [0.15, 0.2) is 0 Å². The van der Waals surface area contributed by atoms with Crippen molar-refractivity contribution in [3.8, 4) is 11.1 Å². The fourth-order valence-electron chi connectivity index (χ4n) is 3.53. The number of ether oxygens (including phenoxy) is 1. The SMILES string of the molecule is CC(C)Nc1nc2ccccn2c(=O)c1-c1ccc(NC(C)CC(=N)C(=O)OC(C)(C)C)cc1. The monoisotopic (exact) mass is 463 g/mol. The summed E-state index contributed by atoms with van der Waals surface area (Å²) in [5.41, 5.74) is 1.80. The zero-order valence-corrected chi connectivity index (χ0v) is 20.6. The Hall–Kier alpha value is -3.68. The van der Waals surface area contributed by atoms with Gasteiger partial charge >= 0.3 is 5.97 Å². The molecule has 3 rings (SSSR count). The van der Waals surface area contributed by atoms with Crippen molar-refractivity contribution in [1.29, 1.82) is 5.41 Å².